The maximum Gasteiger partial charge on any atom is 0.0826 e. The van der Waals surface area contributed by atoms with E-state index < -0.39 is 0 Å². The first-order valence-electron chi connectivity index (χ1n) is 4.96. The van der Waals surface area contributed by atoms with E-state index >= 15 is 0 Å². The zero-order valence-electron chi connectivity index (χ0n) is 8.97. The molecule has 0 N–H and O–H groups in total. The van der Waals surface area contributed by atoms with Crippen molar-refractivity contribution in [1.82, 2.24) is 4.90 Å². The Morgan fingerprint density at radius 3 is 1.50 bits per heavy atom. The molecule has 12 heavy (non-hydrogen) atoms. The third-order valence-corrected chi connectivity index (χ3v) is 2.84. The summed E-state index contributed by atoms with van der Waals surface area (Å²) in [5, 5.41) is 0. The molecule has 0 aromatic heterocycles. The number of hydrogen-bond acceptors (Lipinski definition) is 1. The molecule has 0 heterocycles. The van der Waals surface area contributed by atoms with E-state index in [0.29, 0.717) is 12.1 Å². The highest BCUT2D eigenvalue weighted by atomic mass is 35.5. The molecule has 0 aromatic carbocycles. The van der Waals surface area contributed by atoms with Gasteiger partial charge in [-0.25, -0.2) is 0 Å². The Morgan fingerprint density at radius 1 is 1.00 bits per heavy atom. The van der Waals surface area contributed by atoms with Gasteiger partial charge in [0.25, 0.3) is 0 Å². The van der Waals surface area contributed by atoms with Gasteiger partial charge in [-0.15, -0.1) is 11.6 Å². The summed E-state index contributed by atoms with van der Waals surface area (Å²) in [5.41, 5.74) is 0.148. The summed E-state index contributed by atoms with van der Waals surface area (Å²) in [6, 6.07) is 1.18. The minimum atomic E-state index is 0.148. The number of halogens is 1. The Bertz CT molecular complexity index is 104. The van der Waals surface area contributed by atoms with E-state index in [2.05, 4.69) is 39.5 Å². The molecule has 0 aliphatic rings. The van der Waals surface area contributed by atoms with Gasteiger partial charge in [0, 0.05) is 12.1 Å². The summed E-state index contributed by atoms with van der Waals surface area (Å²) in [4.78, 5) is 2.38. The monoisotopic (exact) mass is 191 g/mol. The van der Waals surface area contributed by atoms with Crippen molar-refractivity contribution in [3.63, 3.8) is 0 Å². The standard InChI is InChI=1S/C10H22ClN/c1-6-8(3)12(10(5)11)9(4)7-2/h8-10H,6-7H2,1-5H3. The van der Waals surface area contributed by atoms with Crippen LogP contribution in [-0.4, -0.2) is 22.5 Å². The zero-order valence-corrected chi connectivity index (χ0v) is 9.73. The smallest absolute Gasteiger partial charge is 0.0826 e. The van der Waals surface area contributed by atoms with Crippen LogP contribution >= 0.6 is 11.6 Å². The second-order valence-corrected chi connectivity index (χ2v) is 4.17. The van der Waals surface area contributed by atoms with Gasteiger partial charge in [-0.2, -0.15) is 0 Å². The fraction of sp³-hybridized carbons (Fsp3) is 1.00. The van der Waals surface area contributed by atoms with Crippen molar-refractivity contribution in [1.29, 1.82) is 0 Å². The van der Waals surface area contributed by atoms with E-state index in [4.69, 9.17) is 11.6 Å². The highest BCUT2D eigenvalue weighted by Crippen LogP contribution is 2.17. The molecule has 74 valence electrons. The molecule has 3 unspecified atom stereocenters. The lowest BCUT2D eigenvalue weighted by Gasteiger charge is -2.35. The van der Waals surface area contributed by atoms with Crippen molar-refractivity contribution in [2.75, 3.05) is 0 Å². The minimum absolute atomic E-state index is 0.148. The topological polar surface area (TPSA) is 3.24 Å². The number of rotatable bonds is 5. The van der Waals surface area contributed by atoms with Crippen LogP contribution in [0.15, 0.2) is 0 Å². The van der Waals surface area contributed by atoms with Crippen LogP contribution in [0, 0.1) is 0 Å². The van der Waals surface area contributed by atoms with Crippen LogP contribution in [0.4, 0.5) is 0 Å². The Hall–Kier alpha value is 0.250. The molecule has 0 saturated carbocycles. The lowest BCUT2D eigenvalue weighted by atomic mass is 10.1. The first-order chi connectivity index (χ1) is 5.54. The molecule has 2 heteroatoms. The lowest BCUT2D eigenvalue weighted by molar-refractivity contribution is 0.136. The second kappa shape index (κ2) is 5.82. The predicted octanol–water partition coefficient (Wildman–Crippen LogP) is 3.47. The predicted molar refractivity (Wildman–Crippen MR) is 56.7 cm³/mol. The summed E-state index contributed by atoms with van der Waals surface area (Å²) >= 11 is 6.12. The first-order valence-corrected chi connectivity index (χ1v) is 5.39. The van der Waals surface area contributed by atoms with Crippen LogP contribution in [0.1, 0.15) is 47.5 Å². The molecule has 1 nitrogen and oxygen atoms in total. The molecule has 0 radical (unpaired) electrons. The van der Waals surface area contributed by atoms with Crippen molar-refractivity contribution in [3.05, 3.63) is 0 Å². The van der Waals surface area contributed by atoms with Gasteiger partial charge >= 0.3 is 0 Å². The number of hydrogen-bond donors (Lipinski definition) is 0. The van der Waals surface area contributed by atoms with Crippen LogP contribution in [-0.2, 0) is 0 Å². The maximum atomic E-state index is 6.12. The normalized spacial score (nSPS) is 19.2. The van der Waals surface area contributed by atoms with Gasteiger partial charge in [0.2, 0.25) is 0 Å². The molecule has 0 rings (SSSR count). The van der Waals surface area contributed by atoms with E-state index in [1.807, 2.05) is 0 Å². The molecule has 0 fully saturated rings. The molecule has 0 bridgehead atoms. The van der Waals surface area contributed by atoms with Crippen molar-refractivity contribution >= 4 is 11.6 Å². The second-order valence-electron chi connectivity index (χ2n) is 3.54. The molecule has 0 aliphatic heterocycles. The number of alkyl halides is 1. The van der Waals surface area contributed by atoms with Crippen LogP contribution < -0.4 is 0 Å². The van der Waals surface area contributed by atoms with Crippen LogP contribution in [0.25, 0.3) is 0 Å². The Kier molecular flexibility index (Phi) is 5.94. The van der Waals surface area contributed by atoms with Crippen LogP contribution in [0.5, 0.6) is 0 Å². The van der Waals surface area contributed by atoms with Gasteiger partial charge in [-0.05, 0) is 33.6 Å². The lowest BCUT2D eigenvalue weighted by Crippen LogP contribution is -2.43. The SMILES string of the molecule is CCC(C)N(C(C)Cl)C(C)CC. The van der Waals surface area contributed by atoms with Crippen LogP contribution in [0.2, 0.25) is 0 Å². The highest BCUT2D eigenvalue weighted by Gasteiger charge is 2.21. The Morgan fingerprint density at radius 2 is 1.33 bits per heavy atom. The average Bonchev–Trinajstić information content (AvgIpc) is 2.03. The molecule has 0 aliphatic carbocycles. The minimum Gasteiger partial charge on any atom is -0.282 e. The van der Waals surface area contributed by atoms with Crippen molar-refractivity contribution in [2.24, 2.45) is 0 Å². The summed E-state index contributed by atoms with van der Waals surface area (Å²) in [6.45, 7) is 11.0. The quantitative estimate of drug-likeness (QED) is 0.475. The average molecular weight is 192 g/mol. The van der Waals surface area contributed by atoms with Gasteiger partial charge < -0.3 is 0 Å². The fourth-order valence-electron chi connectivity index (χ4n) is 1.56. The van der Waals surface area contributed by atoms with Gasteiger partial charge in [-0.3, -0.25) is 4.90 Å². The Labute approximate surface area is 82.1 Å². The Balaban J connectivity index is 4.21. The van der Waals surface area contributed by atoms with Crippen molar-refractivity contribution in [2.45, 2.75) is 65.0 Å². The summed E-state index contributed by atoms with van der Waals surface area (Å²) in [7, 11) is 0. The fourth-order valence-corrected chi connectivity index (χ4v) is 1.94. The molecular weight excluding hydrogens is 170 g/mol. The zero-order chi connectivity index (χ0) is 9.72. The summed E-state index contributed by atoms with van der Waals surface area (Å²) in [6.07, 6.45) is 2.34. The molecule has 3 atom stereocenters. The van der Waals surface area contributed by atoms with Crippen molar-refractivity contribution < 1.29 is 0 Å². The molecule has 0 amide bonds. The molecule has 0 spiro atoms. The summed E-state index contributed by atoms with van der Waals surface area (Å²) in [5.74, 6) is 0. The van der Waals surface area contributed by atoms with E-state index in [-0.39, 0.29) is 5.50 Å². The third kappa shape index (κ3) is 3.32. The third-order valence-electron chi connectivity index (χ3n) is 2.61. The largest absolute Gasteiger partial charge is 0.282 e. The first kappa shape index (κ1) is 12.2. The molecular formula is C10H22ClN. The molecule has 0 saturated heterocycles. The maximum absolute atomic E-state index is 6.12. The van der Waals surface area contributed by atoms with Gasteiger partial charge in [0.1, 0.15) is 0 Å². The summed E-state index contributed by atoms with van der Waals surface area (Å²) < 4.78 is 0. The highest BCUT2D eigenvalue weighted by molar-refractivity contribution is 6.20. The van der Waals surface area contributed by atoms with Gasteiger partial charge in [0.15, 0.2) is 0 Å². The van der Waals surface area contributed by atoms with E-state index in [9.17, 15) is 0 Å². The number of nitrogens with zero attached hydrogens (tertiary/aromatic N) is 1. The van der Waals surface area contributed by atoms with Crippen molar-refractivity contribution in [3.8, 4) is 0 Å². The van der Waals surface area contributed by atoms with E-state index in [0.717, 1.165) is 0 Å². The van der Waals surface area contributed by atoms with Gasteiger partial charge in [-0.1, -0.05) is 13.8 Å². The van der Waals surface area contributed by atoms with E-state index in [1.165, 1.54) is 12.8 Å². The van der Waals surface area contributed by atoms with Crippen LogP contribution in [0.3, 0.4) is 0 Å². The van der Waals surface area contributed by atoms with Gasteiger partial charge in [0.05, 0.1) is 5.50 Å². The molecule has 0 aromatic rings. The van der Waals surface area contributed by atoms with E-state index in [1.54, 1.807) is 0 Å².